The van der Waals surface area contributed by atoms with E-state index in [4.69, 9.17) is 17.3 Å². The van der Waals surface area contributed by atoms with Crippen LogP contribution in [0.2, 0.25) is 5.02 Å². The lowest BCUT2D eigenvalue weighted by atomic mass is 9.60. The van der Waals surface area contributed by atoms with Crippen LogP contribution < -0.4 is 5.73 Å². The van der Waals surface area contributed by atoms with E-state index >= 15 is 0 Å². The molecule has 2 rings (SSSR count). The molecule has 0 aromatic heterocycles. The first-order valence-corrected chi connectivity index (χ1v) is 7.48. The summed E-state index contributed by atoms with van der Waals surface area (Å²) in [6, 6.07) is 7.56. The molecule has 0 bridgehead atoms. The van der Waals surface area contributed by atoms with Gasteiger partial charge < -0.3 is 10.8 Å². The van der Waals surface area contributed by atoms with Gasteiger partial charge >= 0.3 is 0 Å². The van der Waals surface area contributed by atoms with Crippen LogP contribution in [-0.4, -0.2) is 11.7 Å². The molecular formula is C16H24ClNO. The monoisotopic (exact) mass is 281 g/mol. The maximum absolute atomic E-state index is 11.2. The molecule has 0 heterocycles. The molecule has 1 aliphatic rings. The average Bonchev–Trinajstić information content (AvgIpc) is 2.40. The molecule has 1 atom stereocenters. The minimum absolute atomic E-state index is 0.259. The number of aliphatic hydroxyl groups is 1. The number of hydrogen-bond donors (Lipinski definition) is 2. The topological polar surface area (TPSA) is 46.2 Å². The summed E-state index contributed by atoms with van der Waals surface area (Å²) in [6.07, 6.45) is 4.17. The Morgan fingerprint density at radius 2 is 1.95 bits per heavy atom. The van der Waals surface area contributed by atoms with Crippen molar-refractivity contribution in [2.45, 2.75) is 45.1 Å². The summed E-state index contributed by atoms with van der Waals surface area (Å²) in [5.41, 5.74) is 5.63. The molecule has 1 unspecified atom stereocenters. The minimum atomic E-state index is -0.972. The van der Waals surface area contributed by atoms with Gasteiger partial charge in [0.15, 0.2) is 0 Å². The molecule has 1 saturated carbocycles. The van der Waals surface area contributed by atoms with Crippen LogP contribution in [-0.2, 0) is 5.60 Å². The Bertz CT molecular complexity index is 436. The van der Waals surface area contributed by atoms with Crippen molar-refractivity contribution in [2.75, 3.05) is 6.54 Å². The summed E-state index contributed by atoms with van der Waals surface area (Å²) in [5.74, 6) is 0.724. The van der Waals surface area contributed by atoms with Crippen molar-refractivity contribution in [3.63, 3.8) is 0 Å². The van der Waals surface area contributed by atoms with Gasteiger partial charge in [0.1, 0.15) is 0 Å². The quantitative estimate of drug-likeness (QED) is 0.887. The zero-order valence-electron chi connectivity index (χ0n) is 11.8. The summed E-state index contributed by atoms with van der Waals surface area (Å²) < 4.78 is 0. The molecule has 1 aromatic rings. The average molecular weight is 282 g/mol. The van der Waals surface area contributed by atoms with Crippen molar-refractivity contribution in [3.05, 3.63) is 34.9 Å². The summed E-state index contributed by atoms with van der Waals surface area (Å²) in [6.45, 7) is 4.64. The lowest BCUT2D eigenvalue weighted by molar-refractivity contribution is -0.0969. The van der Waals surface area contributed by atoms with Crippen molar-refractivity contribution >= 4 is 11.6 Å². The molecule has 2 nitrogen and oxygen atoms in total. The summed E-state index contributed by atoms with van der Waals surface area (Å²) in [4.78, 5) is 0. The summed E-state index contributed by atoms with van der Waals surface area (Å²) in [5, 5.41) is 11.8. The number of nitrogens with two attached hydrogens (primary N) is 1. The molecular weight excluding hydrogens is 258 g/mol. The van der Waals surface area contributed by atoms with Gasteiger partial charge in [-0.15, -0.1) is 0 Å². The van der Waals surface area contributed by atoms with Crippen molar-refractivity contribution in [3.8, 4) is 0 Å². The molecule has 19 heavy (non-hydrogen) atoms. The van der Waals surface area contributed by atoms with E-state index in [-0.39, 0.29) is 5.41 Å². The van der Waals surface area contributed by atoms with Gasteiger partial charge in [-0.1, -0.05) is 49.6 Å². The predicted molar refractivity (Wildman–Crippen MR) is 80.1 cm³/mol. The molecule has 0 amide bonds. The minimum Gasteiger partial charge on any atom is -0.385 e. The maximum atomic E-state index is 11.2. The van der Waals surface area contributed by atoms with E-state index < -0.39 is 5.60 Å². The van der Waals surface area contributed by atoms with Crippen LogP contribution in [0, 0.1) is 11.3 Å². The molecule has 0 saturated heterocycles. The molecule has 3 N–H and O–H groups in total. The number of rotatable bonds is 3. The van der Waals surface area contributed by atoms with Gasteiger partial charge in [-0.25, -0.2) is 0 Å². The van der Waals surface area contributed by atoms with Crippen LogP contribution in [0.25, 0.3) is 0 Å². The standard InChI is InChI=1S/C16H24ClNO/c1-12-7-9-16(11-18,10-8-12)15(2,19)13-5-3-4-6-14(13)17/h3-6,12,19H,7-11,18H2,1-2H3. The number of benzene rings is 1. The fraction of sp³-hybridized carbons (Fsp3) is 0.625. The zero-order chi connectivity index (χ0) is 14.1. The van der Waals surface area contributed by atoms with Crippen LogP contribution in [0.1, 0.15) is 45.1 Å². The van der Waals surface area contributed by atoms with E-state index in [0.717, 1.165) is 37.2 Å². The first-order valence-electron chi connectivity index (χ1n) is 7.10. The Labute approximate surface area is 121 Å². The molecule has 0 aliphatic heterocycles. The Hall–Kier alpha value is -0.570. The third kappa shape index (κ3) is 2.54. The fourth-order valence-corrected chi connectivity index (χ4v) is 3.67. The molecule has 0 spiro atoms. The molecule has 1 aromatic carbocycles. The van der Waals surface area contributed by atoms with Gasteiger partial charge in [0, 0.05) is 22.5 Å². The number of hydrogen-bond acceptors (Lipinski definition) is 2. The molecule has 1 aliphatic carbocycles. The van der Waals surface area contributed by atoms with Crippen molar-refractivity contribution in [2.24, 2.45) is 17.1 Å². The van der Waals surface area contributed by atoms with Crippen molar-refractivity contribution in [1.29, 1.82) is 0 Å². The molecule has 3 heteroatoms. The van der Waals surface area contributed by atoms with Crippen molar-refractivity contribution in [1.82, 2.24) is 0 Å². The Morgan fingerprint density at radius 1 is 1.37 bits per heavy atom. The lowest BCUT2D eigenvalue weighted by Gasteiger charge is -2.49. The van der Waals surface area contributed by atoms with Gasteiger partial charge in [0.25, 0.3) is 0 Å². The molecule has 1 fully saturated rings. The smallest absolute Gasteiger partial charge is 0.0950 e. The highest BCUT2D eigenvalue weighted by Crippen LogP contribution is 2.51. The highest BCUT2D eigenvalue weighted by atomic mass is 35.5. The Kier molecular flexibility index (Phi) is 4.24. The normalized spacial score (nSPS) is 30.9. The molecule has 106 valence electrons. The second kappa shape index (κ2) is 5.43. The van der Waals surface area contributed by atoms with Crippen LogP contribution >= 0.6 is 11.6 Å². The van der Waals surface area contributed by atoms with Crippen LogP contribution in [0.5, 0.6) is 0 Å². The van der Waals surface area contributed by atoms with E-state index in [9.17, 15) is 5.11 Å². The first-order chi connectivity index (χ1) is 8.93. The predicted octanol–water partition coefficient (Wildman–Crippen LogP) is 3.70. The van der Waals surface area contributed by atoms with E-state index in [2.05, 4.69) is 6.92 Å². The fourth-order valence-electron chi connectivity index (χ4n) is 3.35. The summed E-state index contributed by atoms with van der Waals surface area (Å²) in [7, 11) is 0. The third-order valence-corrected chi connectivity index (χ3v) is 5.38. The maximum Gasteiger partial charge on any atom is 0.0950 e. The van der Waals surface area contributed by atoms with Gasteiger partial charge in [0.05, 0.1) is 5.60 Å². The van der Waals surface area contributed by atoms with E-state index in [0.29, 0.717) is 11.6 Å². The van der Waals surface area contributed by atoms with Crippen LogP contribution in [0.3, 0.4) is 0 Å². The van der Waals surface area contributed by atoms with Crippen LogP contribution in [0.4, 0.5) is 0 Å². The zero-order valence-corrected chi connectivity index (χ0v) is 12.6. The van der Waals surface area contributed by atoms with Gasteiger partial charge in [-0.2, -0.15) is 0 Å². The van der Waals surface area contributed by atoms with Gasteiger partial charge in [0.2, 0.25) is 0 Å². The highest BCUT2D eigenvalue weighted by molar-refractivity contribution is 6.31. The second-order valence-corrected chi connectivity index (χ2v) is 6.63. The summed E-state index contributed by atoms with van der Waals surface area (Å²) >= 11 is 6.27. The molecule has 0 radical (unpaired) electrons. The first kappa shape index (κ1) is 14.8. The number of halogens is 1. The lowest BCUT2D eigenvalue weighted by Crippen LogP contribution is -2.50. The van der Waals surface area contributed by atoms with Crippen LogP contribution in [0.15, 0.2) is 24.3 Å². The largest absolute Gasteiger partial charge is 0.385 e. The Morgan fingerprint density at radius 3 is 2.47 bits per heavy atom. The van der Waals surface area contributed by atoms with E-state index in [1.807, 2.05) is 31.2 Å². The van der Waals surface area contributed by atoms with Crippen molar-refractivity contribution < 1.29 is 5.11 Å². The Balaban J connectivity index is 2.39. The van der Waals surface area contributed by atoms with E-state index in [1.165, 1.54) is 0 Å². The van der Waals surface area contributed by atoms with Gasteiger partial charge in [-0.3, -0.25) is 0 Å². The van der Waals surface area contributed by atoms with Gasteiger partial charge in [-0.05, 0) is 31.7 Å². The SMILES string of the molecule is CC1CCC(CN)(C(C)(O)c2ccccc2Cl)CC1. The highest BCUT2D eigenvalue weighted by Gasteiger charge is 2.49. The third-order valence-electron chi connectivity index (χ3n) is 5.05. The van der Waals surface area contributed by atoms with E-state index in [1.54, 1.807) is 0 Å². The second-order valence-electron chi connectivity index (χ2n) is 6.22.